The van der Waals surface area contributed by atoms with Crippen LogP contribution < -0.4 is 4.74 Å². The van der Waals surface area contributed by atoms with Gasteiger partial charge in [0.25, 0.3) is 0 Å². The lowest BCUT2D eigenvalue weighted by atomic mass is 10.1. The minimum absolute atomic E-state index is 0.130. The van der Waals surface area contributed by atoms with E-state index in [0.717, 1.165) is 25.6 Å². The van der Waals surface area contributed by atoms with Crippen LogP contribution in [0.3, 0.4) is 0 Å². The molecule has 0 spiro atoms. The third kappa shape index (κ3) is 3.23. The number of benzene rings is 1. The second kappa shape index (κ2) is 5.99. The molecule has 0 aromatic heterocycles. The average Bonchev–Trinajstić information content (AvgIpc) is 2.32. The van der Waals surface area contributed by atoms with Crippen LogP contribution in [-0.4, -0.2) is 29.6 Å². The number of hydrogen-bond donors (Lipinski definition) is 0. The molecule has 1 aromatic rings. The van der Waals surface area contributed by atoms with Crippen LogP contribution in [0.1, 0.15) is 30.9 Å². The Labute approximate surface area is 121 Å². The van der Waals surface area contributed by atoms with Crippen molar-refractivity contribution in [2.24, 2.45) is 0 Å². The van der Waals surface area contributed by atoms with Gasteiger partial charge in [-0.25, -0.2) is 0 Å². The fourth-order valence-electron chi connectivity index (χ4n) is 1.92. The summed E-state index contributed by atoms with van der Waals surface area (Å²) in [5.74, 6) is -0.130. The first-order chi connectivity index (χ1) is 9.43. The fourth-order valence-corrected chi connectivity index (χ4v) is 2.23. The van der Waals surface area contributed by atoms with Gasteiger partial charge in [-0.1, -0.05) is 19.1 Å². The van der Waals surface area contributed by atoms with Gasteiger partial charge in [0.2, 0.25) is 0 Å². The second-order valence-corrected chi connectivity index (χ2v) is 5.09. The van der Waals surface area contributed by atoms with Crippen LogP contribution in [0, 0.1) is 0 Å². The van der Waals surface area contributed by atoms with E-state index in [1.165, 1.54) is 6.07 Å². The summed E-state index contributed by atoms with van der Waals surface area (Å²) in [6.07, 6.45) is -2.75. The summed E-state index contributed by atoms with van der Waals surface area (Å²) in [6.45, 7) is 3.74. The molecule has 2 rings (SSSR count). The maximum absolute atomic E-state index is 13.1. The van der Waals surface area contributed by atoms with Gasteiger partial charge in [-0.15, -0.1) is 0 Å². The zero-order valence-corrected chi connectivity index (χ0v) is 12.0. The monoisotopic (exact) mass is 303 g/mol. The van der Waals surface area contributed by atoms with Crippen LogP contribution in [0.2, 0.25) is 0 Å². The van der Waals surface area contributed by atoms with Gasteiger partial charge in [-0.2, -0.15) is 13.2 Å². The Kier molecular flexibility index (Phi) is 4.52. The smallest absolute Gasteiger partial charge is 0.419 e. The van der Waals surface area contributed by atoms with E-state index in [9.17, 15) is 13.2 Å². The highest BCUT2D eigenvalue weighted by atomic mass is 32.1. The van der Waals surface area contributed by atoms with E-state index in [1.54, 1.807) is 6.07 Å². The molecule has 1 fully saturated rings. The molecular weight excluding hydrogens is 287 g/mol. The van der Waals surface area contributed by atoms with E-state index < -0.39 is 11.7 Å². The molecule has 1 saturated heterocycles. The highest BCUT2D eigenvalue weighted by Crippen LogP contribution is 2.37. The molecule has 2 nitrogen and oxygen atoms in total. The van der Waals surface area contributed by atoms with Gasteiger partial charge in [0.1, 0.15) is 10.7 Å². The molecule has 110 valence electrons. The first kappa shape index (κ1) is 15.1. The Hall–Kier alpha value is -1.30. The summed E-state index contributed by atoms with van der Waals surface area (Å²) < 4.78 is 44.4. The van der Waals surface area contributed by atoms with E-state index in [1.807, 2.05) is 11.8 Å². The van der Waals surface area contributed by atoms with Crippen molar-refractivity contribution in [3.05, 3.63) is 29.3 Å². The molecule has 20 heavy (non-hydrogen) atoms. The summed E-state index contributed by atoms with van der Waals surface area (Å²) in [5.41, 5.74) is -0.331. The van der Waals surface area contributed by atoms with Gasteiger partial charge >= 0.3 is 6.18 Å². The van der Waals surface area contributed by atoms with E-state index in [4.69, 9.17) is 17.0 Å². The van der Waals surface area contributed by atoms with Crippen LogP contribution >= 0.6 is 12.2 Å². The average molecular weight is 303 g/mol. The molecule has 6 heteroatoms. The summed E-state index contributed by atoms with van der Waals surface area (Å²) in [7, 11) is 0. The lowest BCUT2D eigenvalue weighted by Crippen LogP contribution is -2.41. The zero-order valence-electron chi connectivity index (χ0n) is 11.2. The summed E-state index contributed by atoms with van der Waals surface area (Å²) in [6, 6.07) is 4.05. The quantitative estimate of drug-likeness (QED) is 0.783. The second-order valence-electron chi connectivity index (χ2n) is 4.70. The first-order valence-electron chi connectivity index (χ1n) is 6.57. The van der Waals surface area contributed by atoms with Crippen molar-refractivity contribution >= 4 is 17.2 Å². The molecule has 0 radical (unpaired) electrons. The van der Waals surface area contributed by atoms with Crippen molar-refractivity contribution in [1.29, 1.82) is 0 Å². The van der Waals surface area contributed by atoms with Crippen LogP contribution in [0.5, 0.6) is 5.75 Å². The number of thiocarbonyl (C=S) groups is 1. The molecule has 1 heterocycles. The SMILES string of the molecule is CCCOc1ccc(C(=S)N2CCC2)cc1C(F)(F)F. The van der Waals surface area contributed by atoms with Crippen molar-refractivity contribution in [3.63, 3.8) is 0 Å². The molecule has 0 atom stereocenters. The van der Waals surface area contributed by atoms with Crippen molar-refractivity contribution in [2.45, 2.75) is 25.9 Å². The normalized spacial score (nSPS) is 14.9. The maximum Gasteiger partial charge on any atom is 0.419 e. The lowest BCUT2D eigenvalue weighted by Gasteiger charge is -2.33. The Morgan fingerprint density at radius 2 is 2.05 bits per heavy atom. The van der Waals surface area contributed by atoms with Gasteiger partial charge in [0.15, 0.2) is 0 Å². The van der Waals surface area contributed by atoms with Gasteiger partial charge in [0, 0.05) is 18.7 Å². The van der Waals surface area contributed by atoms with Gasteiger partial charge in [0.05, 0.1) is 12.2 Å². The lowest BCUT2D eigenvalue weighted by molar-refractivity contribution is -0.139. The van der Waals surface area contributed by atoms with E-state index in [-0.39, 0.29) is 12.4 Å². The summed E-state index contributed by atoms with van der Waals surface area (Å²) in [4.78, 5) is 2.38. The van der Waals surface area contributed by atoms with Crippen LogP contribution in [0.4, 0.5) is 13.2 Å². The predicted octanol–water partition coefficient (Wildman–Crippen LogP) is 3.88. The Balaban J connectivity index is 2.30. The molecule has 0 N–H and O–H groups in total. The third-order valence-corrected chi connectivity index (χ3v) is 3.63. The number of halogens is 3. The molecule has 1 aliphatic rings. The number of alkyl halides is 3. The Morgan fingerprint density at radius 1 is 1.35 bits per heavy atom. The zero-order chi connectivity index (χ0) is 14.8. The third-order valence-electron chi connectivity index (χ3n) is 3.14. The standard InChI is InChI=1S/C14H16F3NOS/c1-2-8-19-12-5-4-10(9-11(12)14(15,16)17)13(20)18-6-3-7-18/h4-5,9H,2-3,6-8H2,1H3. The van der Waals surface area contributed by atoms with Crippen LogP contribution in [0.25, 0.3) is 0 Å². The maximum atomic E-state index is 13.1. The van der Waals surface area contributed by atoms with Gasteiger partial charge in [-0.3, -0.25) is 0 Å². The molecule has 0 unspecified atom stereocenters. The van der Waals surface area contributed by atoms with Crippen molar-refractivity contribution < 1.29 is 17.9 Å². The first-order valence-corrected chi connectivity index (χ1v) is 6.97. The highest BCUT2D eigenvalue weighted by Gasteiger charge is 2.35. The number of nitrogens with zero attached hydrogens (tertiary/aromatic N) is 1. The van der Waals surface area contributed by atoms with E-state index in [0.29, 0.717) is 17.0 Å². The molecule has 0 amide bonds. The van der Waals surface area contributed by atoms with Crippen molar-refractivity contribution in [1.82, 2.24) is 4.90 Å². The minimum Gasteiger partial charge on any atom is -0.493 e. The molecule has 0 bridgehead atoms. The molecule has 1 aliphatic heterocycles. The Bertz CT molecular complexity index is 498. The van der Waals surface area contributed by atoms with Gasteiger partial charge in [-0.05, 0) is 31.0 Å². The van der Waals surface area contributed by atoms with Crippen LogP contribution in [-0.2, 0) is 6.18 Å². The molecular formula is C14H16F3NOS. The highest BCUT2D eigenvalue weighted by molar-refractivity contribution is 7.80. The largest absolute Gasteiger partial charge is 0.493 e. The van der Waals surface area contributed by atoms with Crippen molar-refractivity contribution in [3.8, 4) is 5.75 Å². The van der Waals surface area contributed by atoms with Crippen LogP contribution in [0.15, 0.2) is 18.2 Å². The van der Waals surface area contributed by atoms with E-state index in [2.05, 4.69) is 0 Å². The predicted molar refractivity (Wildman–Crippen MR) is 75.1 cm³/mol. The minimum atomic E-state index is -4.44. The molecule has 0 saturated carbocycles. The molecule has 0 aliphatic carbocycles. The summed E-state index contributed by atoms with van der Waals surface area (Å²) >= 11 is 5.22. The number of ether oxygens (including phenoxy) is 1. The fraction of sp³-hybridized carbons (Fsp3) is 0.500. The molecule has 1 aromatic carbocycles. The number of hydrogen-bond acceptors (Lipinski definition) is 2. The van der Waals surface area contributed by atoms with Crippen molar-refractivity contribution in [2.75, 3.05) is 19.7 Å². The summed E-state index contributed by atoms with van der Waals surface area (Å²) in [5, 5.41) is 0. The number of rotatable bonds is 4. The number of likely N-dealkylation sites (tertiary alicyclic amines) is 1. The topological polar surface area (TPSA) is 12.5 Å². The Morgan fingerprint density at radius 3 is 2.55 bits per heavy atom. The van der Waals surface area contributed by atoms with Gasteiger partial charge < -0.3 is 9.64 Å². The van der Waals surface area contributed by atoms with E-state index >= 15 is 0 Å².